The van der Waals surface area contributed by atoms with Crippen LogP contribution in [0, 0.1) is 10.1 Å². The van der Waals surface area contributed by atoms with Crippen LogP contribution < -0.4 is 9.47 Å². The molecule has 126 valence electrons. The molecular formula is C18H20N2O4. The second-order valence-electron chi connectivity index (χ2n) is 5.71. The third kappa shape index (κ3) is 3.65. The van der Waals surface area contributed by atoms with E-state index < -0.39 is 0 Å². The quantitative estimate of drug-likeness (QED) is 0.601. The maximum absolute atomic E-state index is 11.2. The van der Waals surface area contributed by atoms with Gasteiger partial charge in [-0.25, -0.2) is 0 Å². The van der Waals surface area contributed by atoms with Crippen LogP contribution in [0.1, 0.15) is 12.5 Å². The van der Waals surface area contributed by atoms with Gasteiger partial charge in [0.15, 0.2) is 11.5 Å². The van der Waals surface area contributed by atoms with E-state index >= 15 is 0 Å². The summed E-state index contributed by atoms with van der Waals surface area (Å²) in [6, 6.07) is 14.5. The molecule has 1 aliphatic heterocycles. The van der Waals surface area contributed by atoms with Crippen LogP contribution in [0.3, 0.4) is 0 Å². The summed E-state index contributed by atoms with van der Waals surface area (Å²) in [5.74, 6) is 1.51. The van der Waals surface area contributed by atoms with E-state index in [1.807, 2.05) is 37.3 Å². The molecular weight excluding hydrogens is 308 g/mol. The highest BCUT2D eigenvalue weighted by Gasteiger charge is 2.24. The number of nitrogens with zero attached hydrogens (tertiary/aromatic N) is 2. The average Bonchev–Trinajstić information content (AvgIpc) is 2.61. The SMILES string of the molecule is CCN(Cc1ccccc1[N+](=O)[O-])CC1COc2ccccc2O1. The molecule has 24 heavy (non-hydrogen) atoms. The van der Waals surface area contributed by atoms with E-state index in [-0.39, 0.29) is 16.7 Å². The highest BCUT2D eigenvalue weighted by Crippen LogP contribution is 2.31. The van der Waals surface area contributed by atoms with E-state index in [4.69, 9.17) is 9.47 Å². The lowest BCUT2D eigenvalue weighted by atomic mass is 10.1. The van der Waals surface area contributed by atoms with Gasteiger partial charge in [0.2, 0.25) is 0 Å². The van der Waals surface area contributed by atoms with Crippen LogP contribution in [-0.2, 0) is 6.54 Å². The molecule has 2 aromatic rings. The predicted octanol–water partition coefficient (Wildman–Crippen LogP) is 3.26. The molecule has 2 aromatic carbocycles. The van der Waals surface area contributed by atoms with E-state index in [0.29, 0.717) is 25.3 Å². The first kappa shape index (κ1) is 16.3. The Kier molecular flexibility index (Phi) is 4.96. The van der Waals surface area contributed by atoms with Gasteiger partial charge in [0.25, 0.3) is 5.69 Å². The van der Waals surface area contributed by atoms with Crippen LogP contribution in [0.2, 0.25) is 0 Å². The van der Waals surface area contributed by atoms with E-state index in [2.05, 4.69) is 4.90 Å². The lowest BCUT2D eigenvalue weighted by Gasteiger charge is -2.30. The van der Waals surface area contributed by atoms with Crippen molar-refractivity contribution in [2.45, 2.75) is 19.6 Å². The summed E-state index contributed by atoms with van der Waals surface area (Å²) in [7, 11) is 0. The molecule has 0 aliphatic carbocycles. The third-order valence-electron chi connectivity index (χ3n) is 4.06. The molecule has 0 spiro atoms. The first-order valence-electron chi connectivity index (χ1n) is 8.00. The van der Waals surface area contributed by atoms with Gasteiger partial charge in [-0.2, -0.15) is 0 Å². The molecule has 0 fully saturated rings. The smallest absolute Gasteiger partial charge is 0.273 e. The Hall–Kier alpha value is -2.60. The molecule has 1 unspecified atom stereocenters. The number of fused-ring (bicyclic) bond motifs is 1. The number of nitro groups is 1. The molecule has 0 N–H and O–H groups in total. The van der Waals surface area contributed by atoms with Crippen molar-refractivity contribution in [3.05, 3.63) is 64.2 Å². The van der Waals surface area contributed by atoms with Gasteiger partial charge in [0, 0.05) is 24.7 Å². The van der Waals surface area contributed by atoms with Crippen LogP contribution in [0.25, 0.3) is 0 Å². The summed E-state index contributed by atoms with van der Waals surface area (Å²) in [6.45, 7) is 4.44. The predicted molar refractivity (Wildman–Crippen MR) is 90.4 cm³/mol. The van der Waals surface area contributed by atoms with Crippen molar-refractivity contribution in [1.29, 1.82) is 0 Å². The van der Waals surface area contributed by atoms with Gasteiger partial charge in [-0.1, -0.05) is 37.3 Å². The maximum atomic E-state index is 11.2. The minimum absolute atomic E-state index is 0.0948. The molecule has 0 bridgehead atoms. The van der Waals surface area contributed by atoms with Crippen LogP contribution in [0.4, 0.5) is 5.69 Å². The fraction of sp³-hybridized carbons (Fsp3) is 0.333. The molecule has 0 aromatic heterocycles. The second kappa shape index (κ2) is 7.31. The Balaban J connectivity index is 1.67. The molecule has 1 aliphatic rings. The zero-order chi connectivity index (χ0) is 16.9. The van der Waals surface area contributed by atoms with Gasteiger partial charge in [-0.05, 0) is 18.7 Å². The van der Waals surface area contributed by atoms with Crippen LogP contribution >= 0.6 is 0 Å². The average molecular weight is 328 g/mol. The largest absolute Gasteiger partial charge is 0.486 e. The first-order valence-corrected chi connectivity index (χ1v) is 8.00. The van der Waals surface area contributed by atoms with Gasteiger partial charge in [0.05, 0.1) is 4.92 Å². The number of rotatable bonds is 6. The maximum Gasteiger partial charge on any atom is 0.273 e. The molecule has 0 amide bonds. The Morgan fingerprint density at radius 3 is 2.62 bits per heavy atom. The zero-order valence-electron chi connectivity index (χ0n) is 13.6. The topological polar surface area (TPSA) is 64.8 Å². The second-order valence-corrected chi connectivity index (χ2v) is 5.71. The molecule has 1 atom stereocenters. The number of ether oxygens (including phenoxy) is 2. The van der Waals surface area contributed by atoms with Crippen LogP contribution in [-0.4, -0.2) is 35.6 Å². The highest BCUT2D eigenvalue weighted by molar-refractivity contribution is 5.41. The lowest BCUT2D eigenvalue weighted by molar-refractivity contribution is -0.385. The van der Waals surface area contributed by atoms with E-state index in [1.165, 1.54) is 0 Å². The van der Waals surface area contributed by atoms with Crippen molar-refractivity contribution in [3.63, 3.8) is 0 Å². The standard InChI is InChI=1S/C18H20N2O4/c1-2-19(11-14-7-3-4-8-16(14)20(21)22)12-15-13-23-17-9-5-6-10-18(17)24-15/h3-10,15H,2,11-13H2,1H3. The van der Waals surface area contributed by atoms with Crippen molar-refractivity contribution in [2.24, 2.45) is 0 Å². The minimum atomic E-state index is -0.334. The number of hydrogen-bond acceptors (Lipinski definition) is 5. The lowest BCUT2D eigenvalue weighted by Crippen LogP contribution is -2.40. The molecule has 0 saturated carbocycles. The molecule has 0 saturated heterocycles. The number of para-hydroxylation sites is 3. The first-order chi connectivity index (χ1) is 11.7. The molecule has 1 heterocycles. The summed E-state index contributed by atoms with van der Waals surface area (Å²) in [5, 5.41) is 11.2. The Labute approximate surface area is 140 Å². The van der Waals surface area contributed by atoms with Crippen molar-refractivity contribution in [1.82, 2.24) is 4.90 Å². The zero-order valence-corrected chi connectivity index (χ0v) is 13.6. The normalized spacial score (nSPS) is 16.2. The number of benzene rings is 2. The molecule has 3 rings (SSSR count). The van der Waals surface area contributed by atoms with E-state index in [9.17, 15) is 10.1 Å². The molecule has 6 heteroatoms. The fourth-order valence-corrected chi connectivity index (χ4v) is 2.81. The number of hydrogen-bond donors (Lipinski definition) is 0. The summed E-state index contributed by atoms with van der Waals surface area (Å²) < 4.78 is 11.7. The third-order valence-corrected chi connectivity index (χ3v) is 4.06. The van der Waals surface area contributed by atoms with Crippen molar-refractivity contribution in [2.75, 3.05) is 19.7 Å². The van der Waals surface area contributed by atoms with Gasteiger partial charge in [-0.15, -0.1) is 0 Å². The van der Waals surface area contributed by atoms with Crippen molar-refractivity contribution < 1.29 is 14.4 Å². The van der Waals surface area contributed by atoms with Gasteiger partial charge in [0.1, 0.15) is 12.7 Å². The number of nitro benzene ring substituents is 1. The monoisotopic (exact) mass is 328 g/mol. The molecule has 0 radical (unpaired) electrons. The fourth-order valence-electron chi connectivity index (χ4n) is 2.81. The summed E-state index contributed by atoms with van der Waals surface area (Å²) >= 11 is 0. The minimum Gasteiger partial charge on any atom is -0.486 e. The summed E-state index contributed by atoms with van der Waals surface area (Å²) in [5.41, 5.74) is 0.864. The van der Waals surface area contributed by atoms with Crippen LogP contribution in [0.15, 0.2) is 48.5 Å². The van der Waals surface area contributed by atoms with Crippen LogP contribution in [0.5, 0.6) is 11.5 Å². The van der Waals surface area contributed by atoms with Gasteiger partial charge < -0.3 is 9.47 Å². The van der Waals surface area contributed by atoms with E-state index in [0.717, 1.165) is 18.0 Å². The van der Waals surface area contributed by atoms with E-state index in [1.54, 1.807) is 18.2 Å². The molecule has 6 nitrogen and oxygen atoms in total. The Bertz CT molecular complexity index is 720. The van der Waals surface area contributed by atoms with Gasteiger partial charge in [-0.3, -0.25) is 15.0 Å². The number of likely N-dealkylation sites (N-methyl/N-ethyl adjacent to an activating group) is 1. The Morgan fingerprint density at radius 1 is 1.17 bits per heavy atom. The van der Waals surface area contributed by atoms with Crippen molar-refractivity contribution >= 4 is 5.69 Å². The van der Waals surface area contributed by atoms with Gasteiger partial charge >= 0.3 is 0 Å². The Morgan fingerprint density at radius 2 is 1.88 bits per heavy atom. The summed E-state index contributed by atoms with van der Waals surface area (Å²) in [6.07, 6.45) is -0.0948. The summed E-state index contributed by atoms with van der Waals surface area (Å²) in [4.78, 5) is 13.0. The highest BCUT2D eigenvalue weighted by atomic mass is 16.6. The van der Waals surface area contributed by atoms with Crippen molar-refractivity contribution in [3.8, 4) is 11.5 Å².